The number of ether oxygens (including phenoxy) is 2. The molecular formula is C25H26N4O4. The molecule has 3 heterocycles. The Kier molecular flexibility index (Phi) is 5.75. The molecule has 0 bridgehead atoms. The molecule has 1 unspecified atom stereocenters. The van der Waals surface area contributed by atoms with Crippen molar-refractivity contribution < 1.29 is 19.1 Å². The molecule has 2 amide bonds. The van der Waals surface area contributed by atoms with Gasteiger partial charge in [0.2, 0.25) is 6.79 Å². The molecule has 1 atom stereocenters. The molecule has 0 radical (unpaired) electrons. The van der Waals surface area contributed by atoms with Crippen molar-refractivity contribution in [2.45, 2.75) is 19.0 Å². The standard InChI is InChI=1S/C25H26N4O4/c1-28-11-4-7-20(28)21(29-12-10-17-5-2-3-6-18(17)15-29)14-26-24(30)25(31)27-19-8-9-22-23(13-19)33-16-32-22/h2-9,11,13,21H,10,12,14-16H2,1H3,(H,26,30)(H,27,31). The van der Waals surface area contributed by atoms with Gasteiger partial charge in [-0.2, -0.15) is 0 Å². The third-order valence-electron chi connectivity index (χ3n) is 6.22. The second kappa shape index (κ2) is 8.99. The van der Waals surface area contributed by atoms with E-state index >= 15 is 0 Å². The minimum atomic E-state index is -0.719. The van der Waals surface area contributed by atoms with Gasteiger partial charge in [0.05, 0.1) is 6.04 Å². The van der Waals surface area contributed by atoms with Crippen LogP contribution in [0.25, 0.3) is 0 Å². The van der Waals surface area contributed by atoms with Crippen LogP contribution < -0.4 is 20.1 Å². The molecule has 170 valence electrons. The minimum Gasteiger partial charge on any atom is -0.454 e. The second-order valence-corrected chi connectivity index (χ2v) is 8.28. The molecule has 0 fully saturated rings. The fourth-order valence-electron chi connectivity index (χ4n) is 4.46. The number of anilines is 1. The lowest BCUT2D eigenvalue weighted by molar-refractivity contribution is -0.136. The Morgan fingerprint density at radius 2 is 1.82 bits per heavy atom. The Labute approximate surface area is 192 Å². The fourth-order valence-corrected chi connectivity index (χ4v) is 4.46. The number of aryl methyl sites for hydroxylation is 1. The topological polar surface area (TPSA) is 84.8 Å². The van der Waals surface area contributed by atoms with Crippen molar-refractivity contribution in [2.75, 3.05) is 25.2 Å². The Morgan fingerprint density at radius 3 is 2.64 bits per heavy atom. The van der Waals surface area contributed by atoms with E-state index < -0.39 is 11.8 Å². The molecule has 33 heavy (non-hydrogen) atoms. The zero-order valence-electron chi connectivity index (χ0n) is 18.4. The summed E-state index contributed by atoms with van der Waals surface area (Å²) in [6.45, 7) is 2.15. The maximum atomic E-state index is 12.6. The first kappa shape index (κ1) is 21.1. The van der Waals surface area contributed by atoms with Crippen LogP contribution in [0.5, 0.6) is 11.5 Å². The molecule has 2 aliphatic rings. The van der Waals surface area contributed by atoms with E-state index in [9.17, 15) is 9.59 Å². The molecule has 5 rings (SSSR count). The summed E-state index contributed by atoms with van der Waals surface area (Å²) in [5.41, 5.74) is 4.23. The zero-order valence-corrected chi connectivity index (χ0v) is 18.4. The molecule has 8 heteroatoms. The number of nitrogens with one attached hydrogen (secondary N) is 2. The van der Waals surface area contributed by atoms with Crippen LogP contribution in [-0.4, -0.2) is 41.2 Å². The normalized spacial score (nSPS) is 15.5. The molecule has 0 spiro atoms. The van der Waals surface area contributed by atoms with Crippen LogP contribution in [-0.2, 0) is 29.6 Å². The van der Waals surface area contributed by atoms with E-state index in [1.54, 1.807) is 18.2 Å². The van der Waals surface area contributed by atoms with Gasteiger partial charge in [-0.3, -0.25) is 14.5 Å². The van der Waals surface area contributed by atoms with Gasteiger partial charge < -0.3 is 24.7 Å². The Bertz CT molecular complexity index is 1190. The van der Waals surface area contributed by atoms with E-state index in [1.165, 1.54) is 11.1 Å². The van der Waals surface area contributed by atoms with Gasteiger partial charge >= 0.3 is 11.8 Å². The number of carbonyl (C=O) groups excluding carboxylic acids is 2. The van der Waals surface area contributed by atoms with Crippen molar-refractivity contribution in [3.8, 4) is 11.5 Å². The summed E-state index contributed by atoms with van der Waals surface area (Å²) < 4.78 is 12.7. The van der Waals surface area contributed by atoms with Gasteiger partial charge in [0.1, 0.15) is 0 Å². The maximum absolute atomic E-state index is 12.6. The van der Waals surface area contributed by atoms with Crippen LogP contribution in [0, 0.1) is 0 Å². The van der Waals surface area contributed by atoms with Crippen LogP contribution in [0.1, 0.15) is 22.9 Å². The van der Waals surface area contributed by atoms with Gasteiger partial charge in [0, 0.05) is 50.3 Å². The SMILES string of the molecule is Cn1cccc1C(CNC(=O)C(=O)Nc1ccc2c(c1)OCO2)N1CCc2ccccc2C1. The van der Waals surface area contributed by atoms with Crippen molar-refractivity contribution >= 4 is 17.5 Å². The first-order valence-corrected chi connectivity index (χ1v) is 11.0. The summed E-state index contributed by atoms with van der Waals surface area (Å²) in [5, 5.41) is 5.46. The Balaban J connectivity index is 1.26. The average molecular weight is 447 g/mol. The van der Waals surface area contributed by atoms with Crippen LogP contribution in [0.2, 0.25) is 0 Å². The van der Waals surface area contributed by atoms with Crippen LogP contribution in [0.4, 0.5) is 5.69 Å². The number of aromatic nitrogens is 1. The number of rotatable bonds is 5. The number of fused-ring (bicyclic) bond motifs is 2. The molecule has 1 aromatic heterocycles. The molecule has 3 aromatic rings. The highest BCUT2D eigenvalue weighted by Crippen LogP contribution is 2.34. The summed E-state index contributed by atoms with van der Waals surface area (Å²) in [6, 6.07) is 17.5. The van der Waals surface area contributed by atoms with Crippen molar-refractivity contribution in [2.24, 2.45) is 7.05 Å². The van der Waals surface area contributed by atoms with Gasteiger partial charge in [0.15, 0.2) is 11.5 Å². The lowest BCUT2D eigenvalue weighted by atomic mass is 9.98. The van der Waals surface area contributed by atoms with Crippen molar-refractivity contribution in [3.63, 3.8) is 0 Å². The quantitative estimate of drug-likeness (QED) is 0.589. The number of hydrogen-bond donors (Lipinski definition) is 2. The Morgan fingerprint density at radius 1 is 1.00 bits per heavy atom. The first-order chi connectivity index (χ1) is 16.1. The monoisotopic (exact) mass is 446 g/mol. The van der Waals surface area contributed by atoms with Crippen LogP contribution in [0.3, 0.4) is 0 Å². The lowest BCUT2D eigenvalue weighted by Crippen LogP contribution is -2.44. The summed E-state index contributed by atoms with van der Waals surface area (Å²) in [7, 11) is 1.99. The highest BCUT2D eigenvalue weighted by molar-refractivity contribution is 6.39. The van der Waals surface area contributed by atoms with E-state index in [0.717, 1.165) is 25.2 Å². The molecule has 0 aliphatic carbocycles. The largest absolute Gasteiger partial charge is 0.454 e. The number of carbonyl (C=O) groups is 2. The maximum Gasteiger partial charge on any atom is 0.313 e. The van der Waals surface area contributed by atoms with Gasteiger partial charge in [0.25, 0.3) is 0 Å². The fraction of sp³-hybridized carbons (Fsp3) is 0.280. The number of nitrogens with zero attached hydrogens (tertiary/aromatic N) is 2. The highest BCUT2D eigenvalue weighted by atomic mass is 16.7. The minimum absolute atomic E-state index is 0.0550. The smallest absolute Gasteiger partial charge is 0.313 e. The molecule has 0 saturated heterocycles. The number of hydrogen-bond acceptors (Lipinski definition) is 5. The van der Waals surface area contributed by atoms with E-state index in [0.29, 0.717) is 23.7 Å². The van der Waals surface area contributed by atoms with E-state index in [2.05, 4.69) is 50.4 Å². The number of benzene rings is 2. The third-order valence-corrected chi connectivity index (χ3v) is 6.22. The van der Waals surface area contributed by atoms with Gasteiger partial charge in [-0.1, -0.05) is 24.3 Å². The summed E-state index contributed by atoms with van der Waals surface area (Å²) in [6.07, 6.45) is 2.95. The molecule has 0 saturated carbocycles. The van der Waals surface area contributed by atoms with Crippen molar-refractivity contribution in [1.29, 1.82) is 0 Å². The molecule has 2 aliphatic heterocycles. The summed E-state index contributed by atoms with van der Waals surface area (Å²) in [5.74, 6) is -0.235. The highest BCUT2D eigenvalue weighted by Gasteiger charge is 2.27. The third kappa shape index (κ3) is 4.42. The van der Waals surface area contributed by atoms with Crippen molar-refractivity contribution in [1.82, 2.24) is 14.8 Å². The van der Waals surface area contributed by atoms with Crippen LogP contribution in [0.15, 0.2) is 60.8 Å². The second-order valence-electron chi connectivity index (χ2n) is 8.28. The van der Waals surface area contributed by atoms with Gasteiger partial charge in [-0.05, 0) is 41.8 Å². The van der Waals surface area contributed by atoms with E-state index in [1.807, 2.05) is 19.3 Å². The summed E-state index contributed by atoms with van der Waals surface area (Å²) in [4.78, 5) is 27.5. The zero-order chi connectivity index (χ0) is 22.8. The predicted molar refractivity (Wildman–Crippen MR) is 123 cm³/mol. The van der Waals surface area contributed by atoms with Gasteiger partial charge in [-0.15, -0.1) is 0 Å². The summed E-state index contributed by atoms with van der Waals surface area (Å²) >= 11 is 0. The van der Waals surface area contributed by atoms with E-state index in [-0.39, 0.29) is 12.8 Å². The van der Waals surface area contributed by atoms with E-state index in [4.69, 9.17) is 9.47 Å². The number of amides is 2. The molecule has 2 aromatic carbocycles. The average Bonchev–Trinajstić information content (AvgIpc) is 3.47. The molecule has 2 N–H and O–H groups in total. The molecular weight excluding hydrogens is 420 g/mol. The Hall–Kier alpha value is -3.78. The van der Waals surface area contributed by atoms with Gasteiger partial charge in [-0.25, -0.2) is 0 Å². The molecule has 8 nitrogen and oxygen atoms in total. The van der Waals surface area contributed by atoms with Crippen molar-refractivity contribution in [3.05, 3.63) is 77.6 Å². The predicted octanol–water partition coefficient (Wildman–Crippen LogP) is 2.61. The first-order valence-electron chi connectivity index (χ1n) is 11.0. The lowest BCUT2D eigenvalue weighted by Gasteiger charge is -2.36. The van der Waals surface area contributed by atoms with Crippen LogP contribution >= 0.6 is 0 Å².